The Bertz CT molecular complexity index is 271. The minimum atomic E-state index is 0.0740. The molecule has 98 valence electrons. The summed E-state index contributed by atoms with van der Waals surface area (Å²) in [6.45, 7) is 4.72. The number of likely N-dealkylation sites (tertiary alicyclic amines) is 1. The van der Waals surface area contributed by atoms with E-state index in [0.717, 1.165) is 25.9 Å². The van der Waals surface area contributed by atoms with Gasteiger partial charge in [0.2, 0.25) is 11.8 Å². The lowest BCUT2D eigenvalue weighted by Crippen LogP contribution is -2.44. The van der Waals surface area contributed by atoms with Crippen LogP contribution in [-0.4, -0.2) is 61.9 Å². The molecule has 5 nitrogen and oxygen atoms in total. The summed E-state index contributed by atoms with van der Waals surface area (Å²) in [4.78, 5) is 26.9. The summed E-state index contributed by atoms with van der Waals surface area (Å²) >= 11 is 0. The molecule has 0 aromatic carbocycles. The lowest BCUT2D eigenvalue weighted by Gasteiger charge is -2.31. The Kier molecular flexibility index (Phi) is 5.41. The lowest BCUT2D eigenvalue weighted by atomic mass is 9.95. The smallest absolute Gasteiger partial charge is 0.234 e. The van der Waals surface area contributed by atoms with Crippen LogP contribution in [0, 0.1) is 5.92 Å². The zero-order valence-corrected chi connectivity index (χ0v) is 11.0. The van der Waals surface area contributed by atoms with Gasteiger partial charge in [-0.1, -0.05) is 0 Å². The van der Waals surface area contributed by atoms with Gasteiger partial charge in [0.25, 0.3) is 0 Å². The van der Waals surface area contributed by atoms with Gasteiger partial charge in [0.05, 0.1) is 6.54 Å². The van der Waals surface area contributed by atoms with Crippen LogP contribution in [0.5, 0.6) is 0 Å². The van der Waals surface area contributed by atoms with Gasteiger partial charge < -0.3 is 10.2 Å². The lowest BCUT2D eigenvalue weighted by molar-refractivity contribution is -0.134. The molecule has 17 heavy (non-hydrogen) atoms. The molecule has 2 amide bonds. The maximum absolute atomic E-state index is 11.8. The number of likely N-dealkylation sites (N-methyl/N-ethyl adjacent to an activating group) is 1. The van der Waals surface area contributed by atoms with Gasteiger partial charge in [-0.25, -0.2) is 0 Å². The molecule has 0 aromatic rings. The number of piperidine rings is 1. The second-order valence-corrected chi connectivity index (χ2v) is 4.74. The molecule has 0 spiro atoms. The zero-order valence-electron chi connectivity index (χ0n) is 11.0. The number of nitrogens with one attached hydrogen (secondary N) is 1. The van der Waals surface area contributed by atoms with Crippen molar-refractivity contribution in [3.05, 3.63) is 0 Å². The van der Waals surface area contributed by atoms with Crippen LogP contribution in [0.3, 0.4) is 0 Å². The Hall–Kier alpha value is -1.10. The predicted octanol–water partition coefficient (Wildman–Crippen LogP) is -0.0773. The Morgan fingerprint density at radius 3 is 2.35 bits per heavy atom. The number of nitrogens with zero attached hydrogens (tertiary/aromatic N) is 2. The summed E-state index contributed by atoms with van der Waals surface area (Å²) in [6.07, 6.45) is 1.72. The predicted molar refractivity (Wildman–Crippen MR) is 66.5 cm³/mol. The van der Waals surface area contributed by atoms with Crippen molar-refractivity contribution in [1.29, 1.82) is 0 Å². The molecular formula is C12H23N3O2. The average molecular weight is 241 g/mol. The second-order valence-electron chi connectivity index (χ2n) is 4.74. The van der Waals surface area contributed by atoms with Crippen molar-refractivity contribution in [3.8, 4) is 0 Å². The summed E-state index contributed by atoms with van der Waals surface area (Å²) in [5.41, 5.74) is 0. The van der Waals surface area contributed by atoms with Crippen LogP contribution in [0.15, 0.2) is 0 Å². The van der Waals surface area contributed by atoms with E-state index >= 15 is 0 Å². The molecule has 1 aliphatic heterocycles. The zero-order chi connectivity index (χ0) is 12.8. The first-order valence-corrected chi connectivity index (χ1v) is 6.24. The fourth-order valence-electron chi connectivity index (χ4n) is 2.16. The van der Waals surface area contributed by atoms with Crippen molar-refractivity contribution in [1.82, 2.24) is 15.1 Å². The highest BCUT2D eigenvalue weighted by Crippen LogP contribution is 2.18. The standard InChI is InChI=1S/C12H23N3O2/c1-4-13-11(16)9-15-7-5-10(6-8-15)12(17)14(2)3/h10H,4-9H2,1-3H3,(H,13,16). The quantitative estimate of drug-likeness (QED) is 0.749. The Morgan fingerprint density at radius 1 is 1.29 bits per heavy atom. The maximum atomic E-state index is 11.8. The van der Waals surface area contributed by atoms with Gasteiger partial charge in [-0.05, 0) is 32.9 Å². The second kappa shape index (κ2) is 6.59. The van der Waals surface area contributed by atoms with Gasteiger partial charge in [0.1, 0.15) is 0 Å². The molecule has 5 heteroatoms. The number of carbonyl (C=O) groups is 2. The van der Waals surface area contributed by atoms with Crippen molar-refractivity contribution in [2.45, 2.75) is 19.8 Å². The SMILES string of the molecule is CCNC(=O)CN1CCC(C(=O)N(C)C)CC1. The minimum Gasteiger partial charge on any atom is -0.355 e. The van der Waals surface area contributed by atoms with Crippen molar-refractivity contribution in [2.75, 3.05) is 40.3 Å². The van der Waals surface area contributed by atoms with Gasteiger partial charge >= 0.3 is 0 Å². The van der Waals surface area contributed by atoms with E-state index in [1.807, 2.05) is 6.92 Å². The van der Waals surface area contributed by atoms with Gasteiger partial charge in [-0.2, -0.15) is 0 Å². The van der Waals surface area contributed by atoms with E-state index < -0.39 is 0 Å². The highest BCUT2D eigenvalue weighted by molar-refractivity contribution is 5.79. The van der Waals surface area contributed by atoms with Crippen LogP contribution in [0.4, 0.5) is 0 Å². The first kappa shape index (κ1) is 14.0. The van der Waals surface area contributed by atoms with Gasteiger partial charge in [-0.15, -0.1) is 0 Å². The van der Waals surface area contributed by atoms with E-state index in [2.05, 4.69) is 10.2 Å². The fraction of sp³-hybridized carbons (Fsp3) is 0.833. The third-order valence-corrected chi connectivity index (χ3v) is 3.12. The summed E-state index contributed by atoms with van der Waals surface area (Å²) in [7, 11) is 3.59. The maximum Gasteiger partial charge on any atom is 0.234 e. The van der Waals surface area contributed by atoms with Crippen LogP contribution in [-0.2, 0) is 9.59 Å². The van der Waals surface area contributed by atoms with E-state index in [9.17, 15) is 9.59 Å². The number of rotatable bonds is 4. The van der Waals surface area contributed by atoms with Gasteiger partial charge in [0.15, 0.2) is 0 Å². The first-order chi connectivity index (χ1) is 8.04. The Labute approximate surface area is 103 Å². The largest absolute Gasteiger partial charge is 0.355 e. The number of hydrogen-bond donors (Lipinski definition) is 1. The monoisotopic (exact) mass is 241 g/mol. The van der Waals surface area contributed by atoms with Gasteiger partial charge in [-0.3, -0.25) is 14.5 Å². The van der Waals surface area contributed by atoms with Crippen molar-refractivity contribution in [3.63, 3.8) is 0 Å². The van der Waals surface area contributed by atoms with Crippen LogP contribution in [0.1, 0.15) is 19.8 Å². The number of amides is 2. The highest BCUT2D eigenvalue weighted by Gasteiger charge is 2.26. The molecule has 1 N–H and O–H groups in total. The van der Waals surface area contributed by atoms with E-state index in [-0.39, 0.29) is 17.7 Å². The molecular weight excluding hydrogens is 218 g/mol. The van der Waals surface area contributed by atoms with Crippen LogP contribution in [0.2, 0.25) is 0 Å². The highest BCUT2D eigenvalue weighted by atomic mass is 16.2. The van der Waals surface area contributed by atoms with E-state index in [1.54, 1.807) is 19.0 Å². The third-order valence-electron chi connectivity index (χ3n) is 3.12. The summed E-state index contributed by atoms with van der Waals surface area (Å²) in [6, 6.07) is 0. The molecule has 0 aromatic heterocycles. The first-order valence-electron chi connectivity index (χ1n) is 6.24. The van der Waals surface area contributed by atoms with Gasteiger partial charge in [0, 0.05) is 26.6 Å². The van der Waals surface area contributed by atoms with E-state index in [1.165, 1.54) is 0 Å². The Balaban J connectivity index is 2.31. The minimum absolute atomic E-state index is 0.0740. The summed E-state index contributed by atoms with van der Waals surface area (Å²) in [5, 5.41) is 2.79. The number of hydrogen-bond acceptors (Lipinski definition) is 3. The molecule has 0 saturated carbocycles. The topological polar surface area (TPSA) is 52.7 Å². The van der Waals surface area contributed by atoms with Crippen LogP contribution < -0.4 is 5.32 Å². The van der Waals surface area contributed by atoms with E-state index in [4.69, 9.17) is 0 Å². The van der Waals surface area contributed by atoms with Crippen molar-refractivity contribution < 1.29 is 9.59 Å². The van der Waals surface area contributed by atoms with Crippen LogP contribution >= 0.6 is 0 Å². The number of carbonyl (C=O) groups excluding carboxylic acids is 2. The average Bonchev–Trinajstić information content (AvgIpc) is 2.29. The normalized spacial score (nSPS) is 17.8. The molecule has 1 saturated heterocycles. The van der Waals surface area contributed by atoms with E-state index in [0.29, 0.717) is 13.1 Å². The molecule has 0 atom stereocenters. The third kappa shape index (κ3) is 4.34. The molecule has 0 radical (unpaired) electrons. The molecule has 0 aliphatic carbocycles. The van der Waals surface area contributed by atoms with Crippen molar-refractivity contribution >= 4 is 11.8 Å². The molecule has 0 bridgehead atoms. The molecule has 1 fully saturated rings. The molecule has 1 rings (SSSR count). The summed E-state index contributed by atoms with van der Waals surface area (Å²) in [5.74, 6) is 0.419. The summed E-state index contributed by atoms with van der Waals surface area (Å²) < 4.78 is 0. The molecule has 1 aliphatic rings. The molecule has 0 unspecified atom stereocenters. The fourth-order valence-corrected chi connectivity index (χ4v) is 2.16. The molecule has 1 heterocycles. The Morgan fingerprint density at radius 2 is 1.88 bits per heavy atom. The van der Waals surface area contributed by atoms with Crippen LogP contribution in [0.25, 0.3) is 0 Å². The van der Waals surface area contributed by atoms with Crippen molar-refractivity contribution in [2.24, 2.45) is 5.92 Å².